The summed E-state index contributed by atoms with van der Waals surface area (Å²) in [6.07, 6.45) is 18.6. The number of unbranched alkanes of at least 4 members (excludes halogenated alkanes) is 10. The van der Waals surface area contributed by atoms with E-state index in [0.29, 0.717) is 25.7 Å². The first-order chi connectivity index (χ1) is 14.1. The van der Waals surface area contributed by atoms with E-state index in [2.05, 4.69) is 18.9 Å². The summed E-state index contributed by atoms with van der Waals surface area (Å²) in [6, 6.07) is 0. The van der Waals surface area contributed by atoms with E-state index in [1.165, 1.54) is 51.4 Å². The largest absolute Gasteiger partial charge is 0.353 e. The molecule has 29 heavy (non-hydrogen) atoms. The van der Waals surface area contributed by atoms with Crippen molar-refractivity contribution >= 4 is 11.9 Å². The standard InChI is InChI=1S/C24H42O5/c1-3-5-7-9-11-13-17-23-19-15-16-20-24(23,18-14-12-10-8-6-4-2)22(26)28-29-27-21(23)25/h3-20H2,1-2H3. The monoisotopic (exact) mass is 410 g/mol. The molecule has 2 unspecified atom stereocenters. The zero-order chi connectivity index (χ0) is 21.0. The van der Waals surface area contributed by atoms with Crippen LogP contribution in [-0.4, -0.2) is 11.9 Å². The van der Waals surface area contributed by atoms with Crippen molar-refractivity contribution in [3.63, 3.8) is 0 Å². The van der Waals surface area contributed by atoms with Crippen LogP contribution in [0.15, 0.2) is 0 Å². The van der Waals surface area contributed by atoms with Gasteiger partial charge in [-0.05, 0) is 25.7 Å². The summed E-state index contributed by atoms with van der Waals surface area (Å²) in [5, 5.41) is 4.58. The van der Waals surface area contributed by atoms with Crippen molar-refractivity contribution < 1.29 is 24.4 Å². The molecule has 5 nitrogen and oxygen atoms in total. The number of carbonyl (C=O) groups excluding carboxylic acids is 2. The number of hydrogen-bond donors (Lipinski definition) is 0. The van der Waals surface area contributed by atoms with Gasteiger partial charge in [-0.25, -0.2) is 9.59 Å². The molecular formula is C24H42O5. The van der Waals surface area contributed by atoms with Gasteiger partial charge in [-0.1, -0.05) is 104 Å². The third-order valence-electron chi connectivity index (χ3n) is 7.29. The van der Waals surface area contributed by atoms with Crippen molar-refractivity contribution in [2.24, 2.45) is 10.8 Å². The van der Waals surface area contributed by atoms with Crippen LogP contribution in [0.5, 0.6) is 0 Å². The average Bonchev–Trinajstić information content (AvgIpc) is 2.83. The Labute approximate surface area is 177 Å². The SMILES string of the molecule is CCCCCCCCC12CCCCC1(CCCCCCCC)C(=O)OOOC2=O. The second-order valence-corrected chi connectivity index (χ2v) is 9.22. The van der Waals surface area contributed by atoms with E-state index in [1.807, 2.05) is 0 Å². The first-order valence-corrected chi connectivity index (χ1v) is 12.2. The summed E-state index contributed by atoms with van der Waals surface area (Å²) in [5.74, 6) is -0.773. The van der Waals surface area contributed by atoms with Gasteiger partial charge in [-0.15, -0.1) is 0 Å². The molecule has 1 aliphatic heterocycles. The summed E-state index contributed by atoms with van der Waals surface area (Å²) in [7, 11) is 0. The maximum Gasteiger partial charge on any atom is 0.353 e. The van der Waals surface area contributed by atoms with Gasteiger partial charge in [-0.3, -0.25) is 9.78 Å². The molecule has 5 heteroatoms. The maximum atomic E-state index is 13.1. The molecule has 2 fully saturated rings. The Hall–Kier alpha value is -1.10. The van der Waals surface area contributed by atoms with Gasteiger partial charge in [0.15, 0.2) is 0 Å². The first kappa shape index (κ1) is 24.2. The predicted octanol–water partition coefficient (Wildman–Crippen LogP) is 6.98. The highest BCUT2D eigenvalue weighted by Crippen LogP contribution is 2.58. The van der Waals surface area contributed by atoms with Crippen LogP contribution in [0.4, 0.5) is 0 Å². The fourth-order valence-corrected chi connectivity index (χ4v) is 5.51. The van der Waals surface area contributed by atoms with E-state index >= 15 is 0 Å². The topological polar surface area (TPSA) is 61.8 Å². The van der Waals surface area contributed by atoms with Crippen LogP contribution >= 0.6 is 0 Å². The van der Waals surface area contributed by atoms with Crippen LogP contribution in [0.3, 0.4) is 0 Å². The number of carbonyl (C=O) groups is 2. The van der Waals surface area contributed by atoms with E-state index in [9.17, 15) is 9.59 Å². The molecule has 0 spiro atoms. The van der Waals surface area contributed by atoms with Crippen LogP contribution in [0.25, 0.3) is 0 Å². The van der Waals surface area contributed by atoms with Crippen molar-refractivity contribution in [2.75, 3.05) is 0 Å². The predicted molar refractivity (Wildman–Crippen MR) is 113 cm³/mol. The van der Waals surface area contributed by atoms with Crippen LogP contribution in [-0.2, 0) is 24.4 Å². The zero-order valence-electron chi connectivity index (χ0n) is 18.8. The minimum atomic E-state index is -0.785. The number of hydrogen-bond acceptors (Lipinski definition) is 5. The lowest BCUT2D eigenvalue weighted by Gasteiger charge is -2.47. The molecule has 1 saturated heterocycles. The zero-order valence-corrected chi connectivity index (χ0v) is 18.8. The van der Waals surface area contributed by atoms with E-state index in [4.69, 9.17) is 9.78 Å². The van der Waals surface area contributed by atoms with E-state index in [0.717, 1.165) is 38.5 Å². The highest BCUT2D eigenvalue weighted by Gasteiger charge is 2.64. The lowest BCUT2D eigenvalue weighted by molar-refractivity contribution is -0.457. The van der Waals surface area contributed by atoms with Gasteiger partial charge in [0.2, 0.25) is 0 Å². The Balaban J connectivity index is 2.09. The normalized spacial score (nSPS) is 27.1. The summed E-state index contributed by atoms with van der Waals surface area (Å²) in [6.45, 7) is 4.43. The third kappa shape index (κ3) is 5.96. The number of rotatable bonds is 14. The molecule has 0 bridgehead atoms. The summed E-state index contributed by atoms with van der Waals surface area (Å²) >= 11 is 0. The Morgan fingerprint density at radius 1 is 0.621 bits per heavy atom. The molecule has 2 atom stereocenters. The van der Waals surface area contributed by atoms with Gasteiger partial charge < -0.3 is 0 Å². The lowest BCUT2D eigenvalue weighted by Crippen LogP contribution is -2.53. The summed E-state index contributed by atoms with van der Waals surface area (Å²) in [4.78, 5) is 36.1. The fourth-order valence-electron chi connectivity index (χ4n) is 5.51. The Morgan fingerprint density at radius 2 is 1.00 bits per heavy atom. The van der Waals surface area contributed by atoms with Crippen LogP contribution in [0, 0.1) is 10.8 Å². The van der Waals surface area contributed by atoms with E-state index in [1.54, 1.807) is 0 Å². The molecule has 0 aromatic heterocycles. The smallest absolute Gasteiger partial charge is 0.259 e. The van der Waals surface area contributed by atoms with Crippen LogP contribution in [0.2, 0.25) is 0 Å². The van der Waals surface area contributed by atoms with Crippen molar-refractivity contribution in [1.82, 2.24) is 0 Å². The molecule has 1 aliphatic carbocycles. The molecule has 0 N–H and O–H groups in total. The second-order valence-electron chi connectivity index (χ2n) is 9.22. The Kier molecular flexibility index (Phi) is 10.5. The Morgan fingerprint density at radius 3 is 1.41 bits per heavy atom. The van der Waals surface area contributed by atoms with Gasteiger partial charge in [-0.2, -0.15) is 0 Å². The Bertz CT molecular complexity index is 461. The number of fused-ring (bicyclic) bond motifs is 1. The van der Waals surface area contributed by atoms with Crippen molar-refractivity contribution in [3.8, 4) is 0 Å². The van der Waals surface area contributed by atoms with Crippen molar-refractivity contribution in [3.05, 3.63) is 0 Å². The fraction of sp³-hybridized carbons (Fsp3) is 0.917. The highest BCUT2D eigenvalue weighted by molar-refractivity contribution is 5.89. The molecule has 168 valence electrons. The van der Waals surface area contributed by atoms with Crippen molar-refractivity contribution in [1.29, 1.82) is 0 Å². The molecule has 0 aromatic carbocycles. The van der Waals surface area contributed by atoms with Crippen molar-refractivity contribution in [2.45, 2.75) is 129 Å². The minimum Gasteiger partial charge on any atom is -0.259 e. The van der Waals surface area contributed by atoms with E-state index < -0.39 is 10.8 Å². The molecular weight excluding hydrogens is 368 g/mol. The summed E-state index contributed by atoms with van der Waals surface area (Å²) < 4.78 is 0. The van der Waals surface area contributed by atoms with E-state index in [-0.39, 0.29) is 11.9 Å². The molecule has 1 heterocycles. The third-order valence-corrected chi connectivity index (χ3v) is 7.29. The summed E-state index contributed by atoms with van der Waals surface area (Å²) in [5.41, 5.74) is -1.57. The molecule has 1 saturated carbocycles. The van der Waals surface area contributed by atoms with Gasteiger partial charge in [0.1, 0.15) is 0 Å². The molecule has 2 rings (SSSR count). The second kappa shape index (κ2) is 12.6. The lowest BCUT2D eigenvalue weighted by atomic mass is 9.52. The molecule has 0 amide bonds. The molecule has 0 radical (unpaired) electrons. The van der Waals surface area contributed by atoms with Gasteiger partial charge in [0.05, 0.1) is 10.8 Å². The quantitative estimate of drug-likeness (QED) is 0.228. The van der Waals surface area contributed by atoms with Gasteiger partial charge in [0, 0.05) is 5.04 Å². The maximum absolute atomic E-state index is 13.1. The van der Waals surface area contributed by atoms with Crippen LogP contribution < -0.4 is 0 Å². The minimum absolute atomic E-state index is 0.386. The van der Waals surface area contributed by atoms with Crippen LogP contribution in [0.1, 0.15) is 129 Å². The molecule has 2 aliphatic rings. The van der Waals surface area contributed by atoms with Gasteiger partial charge >= 0.3 is 11.9 Å². The first-order valence-electron chi connectivity index (χ1n) is 12.2. The highest BCUT2D eigenvalue weighted by atomic mass is 17.5. The molecule has 0 aromatic rings. The van der Waals surface area contributed by atoms with Gasteiger partial charge in [0.25, 0.3) is 0 Å². The average molecular weight is 411 g/mol.